The minimum Gasteiger partial charge on any atom is -0.487 e. The van der Waals surface area contributed by atoms with E-state index in [-0.39, 0.29) is 5.60 Å². The Morgan fingerprint density at radius 3 is 2.44 bits per heavy atom. The molecular weight excluding hydrogens is 218 g/mol. The zero-order valence-electron chi connectivity index (χ0n) is 9.74. The van der Waals surface area contributed by atoms with E-state index in [9.17, 15) is 0 Å². The average molecular weight is 237 g/mol. The van der Waals surface area contributed by atoms with Crippen LogP contribution in [-0.4, -0.2) is 18.4 Å². The monoisotopic (exact) mass is 237 g/mol. The van der Waals surface area contributed by atoms with Gasteiger partial charge in [-0.15, -0.1) is 11.8 Å². The van der Waals surface area contributed by atoms with Crippen LogP contribution in [0.15, 0.2) is 29.2 Å². The topological polar surface area (TPSA) is 35.2 Å². The Labute approximate surface area is 102 Å². The van der Waals surface area contributed by atoms with E-state index < -0.39 is 0 Å². The summed E-state index contributed by atoms with van der Waals surface area (Å²) in [7, 11) is 0. The average Bonchev–Trinajstić information content (AvgIpc) is 2.27. The van der Waals surface area contributed by atoms with Gasteiger partial charge in [0.2, 0.25) is 0 Å². The van der Waals surface area contributed by atoms with Gasteiger partial charge < -0.3 is 10.5 Å². The molecule has 0 saturated heterocycles. The van der Waals surface area contributed by atoms with Gasteiger partial charge in [0.15, 0.2) is 0 Å². The van der Waals surface area contributed by atoms with Gasteiger partial charge in [-0.05, 0) is 62.7 Å². The molecule has 0 heterocycles. The maximum Gasteiger partial charge on any atom is 0.120 e. The number of benzene rings is 1. The van der Waals surface area contributed by atoms with Gasteiger partial charge in [0.25, 0.3) is 0 Å². The van der Waals surface area contributed by atoms with Crippen molar-refractivity contribution in [2.45, 2.75) is 36.2 Å². The second kappa shape index (κ2) is 5.11. The number of hydrogen-bond acceptors (Lipinski definition) is 3. The summed E-state index contributed by atoms with van der Waals surface area (Å²) in [5, 5.41) is 0. The second-order valence-electron chi connectivity index (χ2n) is 4.35. The number of hydrogen-bond donors (Lipinski definition) is 1. The lowest BCUT2D eigenvalue weighted by Crippen LogP contribution is -2.44. The van der Waals surface area contributed by atoms with Crippen molar-refractivity contribution < 1.29 is 4.74 Å². The van der Waals surface area contributed by atoms with Gasteiger partial charge in [0, 0.05) is 4.90 Å². The lowest BCUT2D eigenvalue weighted by molar-refractivity contribution is -0.0125. The van der Waals surface area contributed by atoms with Crippen LogP contribution < -0.4 is 10.5 Å². The van der Waals surface area contributed by atoms with E-state index in [2.05, 4.69) is 30.5 Å². The predicted molar refractivity (Wildman–Crippen MR) is 69.1 cm³/mol. The second-order valence-corrected chi connectivity index (χ2v) is 5.23. The van der Waals surface area contributed by atoms with Crippen molar-refractivity contribution in [3.63, 3.8) is 0 Å². The maximum absolute atomic E-state index is 6.09. The predicted octanol–water partition coefficient (Wildman–Crippen LogP) is 3.06. The first-order chi connectivity index (χ1) is 7.78. The van der Waals surface area contributed by atoms with Crippen molar-refractivity contribution >= 4 is 11.8 Å². The Bertz CT molecular complexity index is 332. The maximum atomic E-state index is 6.09. The van der Waals surface area contributed by atoms with Crippen molar-refractivity contribution in [2.24, 2.45) is 5.73 Å². The van der Waals surface area contributed by atoms with Crippen LogP contribution in [0.25, 0.3) is 0 Å². The number of thioether (sulfide) groups is 1. The minimum atomic E-state index is 0.0373. The third-order valence-electron chi connectivity index (χ3n) is 3.26. The summed E-state index contributed by atoms with van der Waals surface area (Å²) in [5.74, 6) is 0.978. The van der Waals surface area contributed by atoms with Crippen molar-refractivity contribution in [3.8, 4) is 5.75 Å². The molecule has 0 radical (unpaired) electrons. The van der Waals surface area contributed by atoms with E-state index in [1.807, 2.05) is 0 Å². The molecule has 1 aromatic carbocycles. The van der Waals surface area contributed by atoms with E-state index in [1.165, 1.54) is 11.3 Å². The Morgan fingerprint density at radius 1 is 1.31 bits per heavy atom. The largest absolute Gasteiger partial charge is 0.487 e. The quantitative estimate of drug-likeness (QED) is 0.799. The molecule has 2 N–H and O–H groups in total. The zero-order chi connectivity index (χ0) is 11.4. The molecule has 1 fully saturated rings. The molecule has 0 bridgehead atoms. The molecule has 0 spiro atoms. The van der Waals surface area contributed by atoms with E-state index in [4.69, 9.17) is 10.5 Å². The molecule has 0 unspecified atom stereocenters. The molecule has 16 heavy (non-hydrogen) atoms. The van der Waals surface area contributed by atoms with E-state index in [0.717, 1.165) is 25.0 Å². The van der Waals surface area contributed by atoms with Gasteiger partial charge in [-0.1, -0.05) is 0 Å². The molecule has 3 heteroatoms. The SMILES string of the molecule is CSc1ccc(OC2(CCN)CCC2)cc1. The molecule has 0 aromatic heterocycles. The fraction of sp³-hybridized carbons (Fsp3) is 0.538. The molecule has 0 amide bonds. The highest BCUT2D eigenvalue weighted by Gasteiger charge is 2.38. The van der Waals surface area contributed by atoms with Crippen molar-refractivity contribution in [3.05, 3.63) is 24.3 Å². The smallest absolute Gasteiger partial charge is 0.120 e. The van der Waals surface area contributed by atoms with Crippen molar-refractivity contribution in [1.82, 2.24) is 0 Å². The van der Waals surface area contributed by atoms with Crippen LogP contribution in [0.4, 0.5) is 0 Å². The molecule has 1 aromatic rings. The molecule has 1 aliphatic carbocycles. The van der Waals surface area contributed by atoms with Crippen LogP contribution in [0.2, 0.25) is 0 Å². The molecule has 2 rings (SSSR count). The lowest BCUT2D eigenvalue weighted by atomic mass is 9.77. The van der Waals surface area contributed by atoms with Gasteiger partial charge in [0.1, 0.15) is 11.4 Å². The third kappa shape index (κ3) is 2.53. The first-order valence-corrected chi connectivity index (χ1v) is 7.04. The van der Waals surface area contributed by atoms with Gasteiger partial charge in [0.05, 0.1) is 0 Å². The molecule has 1 aliphatic rings. The Kier molecular flexibility index (Phi) is 3.77. The fourth-order valence-electron chi connectivity index (χ4n) is 2.13. The van der Waals surface area contributed by atoms with Crippen molar-refractivity contribution in [1.29, 1.82) is 0 Å². The summed E-state index contributed by atoms with van der Waals surface area (Å²) in [4.78, 5) is 1.27. The summed E-state index contributed by atoms with van der Waals surface area (Å²) >= 11 is 1.75. The van der Waals surface area contributed by atoms with Gasteiger partial charge in [-0.25, -0.2) is 0 Å². The summed E-state index contributed by atoms with van der Waals surface area (Å²) in [5.41, 5.74) is 5.68. The first-order valence-electron chi connectivity index (χ1n) is 5.81. The number of rotatable bonds is 5. The summed E-state index contributed by atoms with van der Waals surface area (Å²) in [6.45, 7) is 0.711. The minimum absolute atomic E-state index is 0.0373. The van der Waals surface area contributed by atoms with Crippen LogP contribution in [0.1, 0.15) is 25.7 Å². The highest BCUT2D eigenvalue weighted by Crippen LogP contribution is 2.39. The van der Waals surface area contributed by atoms with Crippen LogP contribution in [0.5, 0.6) is 5.75 Å². The van der Waals surface area contributed by atoms with E-state index >= 15 is 0 Å². The molecule has 0 aliphatic heterocycles. The molecule has 2 nitrogen and oxygen atoms in total. The van der Waals surface area contributed by atoms with Gasteiger partial charge >= 0.3 is 0 Å². The van der Waals surface area contributed by atoms with Crippen LogP contribution in [0.3, 0.4) is 0 Å². The molecule has 1 saturated carbocycles. The van der Waals surface area contributed by atoms with Crippen LogP contribution >= 0.6 is 11.8 Å². The zero-order valence-corrected chi connectivity index (χ0v) is 10.6. The normalized spacial score (nSPS) is 17.9. The highest BCUT2D eigenvalue weighted by molar-refractivity contribution is 7.98. The van der Waals surface area contributed by atoms with Crippen LogP contribution in [0, 0.1) is 0 Å². The molecular formula is C13H19NOS. The third-order valence-corrected chi connectivity index (χ3v) is 4.00. The molecule has 88 valence electrons. The first kappa shape index (κ1) is 11.8. The number of ether oxygens (including phenoxy) is 1. The van der Waals surface area contributed by atoms with Crippen molar-refractivity contribution in [2.75, 3.05) is 12.8 Å². The van der Waals surface area contributed by atoms with Crippen LogP contribution in [-0.2, 0) is 0 Å². The molecule has 0 atom stereocenters. The highest BCUT2D eigenvalue weighted by atomic mass is 32.2. The Balaban J connectivity index is 2.01. The Hall–Kier alpha value is -0.670. The summed E-state index contributed by atoms with van der Waals surface area (Å²) < 4.78 is 6.09. The summed E-state index contributed by atoms with van der Waals surface area (Å²) in [6, 6.07) is 8.33. The Morgan fingerprint density at radius 2 is 2.00 bits per heavy atom. The van der Waals surface area contributed by atoms with E-state index in [1.54, 1.807) is 11.8 Å². The van der Waals surface area contributed by atoms with Gasteiger partial charge in [-0.3, -0.25) is 0 Å². The standard InChI is InChI=1S/C13H19NOS/c1-16-12-5-3-11(4-6-12)15-13(9-10-14)7-2-8-13/h3-6H,2,7-10,14H2,1H3. The van der Waals surface area contributed by atoms with E-state index in [0.29, 0.717) is 6.54 Å². The van der Waals surface area contributed by atoms with Gasteiger partial charge in [-0.2, -0.15) is 0 Å². The lowest BCUT2D eigenvalue weighted by Gasteiger charge is -2.41. The number of nitrogens with two attached hydrogens (primary N) is 1. The summed E-state index contributed by atoms with van der Waals surface area (Å²) in [6.07, 6.45) is 6.61. The fourth-order valence-corrected chi connectivity index (χ4v) is 2.54.